The van der Waals surface area contributed by atoms with Gasteiger partial charge in [-0.2, -0.15) is 0 Å². The fourth-order valence-electron chi connectivity index (χ4n) is 3.64. The lowest BCUT2D eigenvalue weighted by Gasteiger charge is -2.32. The molecule has 0 aromatic carbocycles. The third-order valence-corrected chi connectivity index (χ3v) is 4.41. The lowest BCUT2D eigenvalue weighted by Crippen LogP contribution is -2.49. The zero-order valence-corrected chi connectivity index (χ0v) is 13.6. The van der Waals surface area contributed by atoms with Crippen LogP contribution in [-0.4, -0.2) is 66.7 Å². The van der Waals surface area contributed by atoms with Crippen LogP contribution in [0.2, 0.25) is 0 Å². The molecule has 118 valence electrons. The van der Waals surface area contributed by atoms with E-state index in [2.05, 4.69) is 18.7 Å². The molecule has 1 amide bonds. The summed E-state index contributed by atoms with van der Waals surface area (Å²) in [5, 5.41) is 0. The smallest absolute Gasteiger partial charge is 0.241 e. The molecule has 2 heterocycles. The molecule has 2 aliphatic heterocycles. The molecule has 0 aromatic rings. The molecule has 2 fully saturated rings. The van der Waals surface area contributed by atoms with Gasteiger partial charge < -0.3 is 15.4 Å². The van der Waals surface area contributed by atoms with E-state index in [0.29, 0.717) is 24.7 Å². The van der Waals surface area contributed by atoms with Gasteiger partial charge >= 0.3 is 0 Å². The zero-order valence-electron chi connectivity index (χ0n) is 12.7. The van der Waals surface area contributed by atoms with Crippen molar-refractivity contribution in [2.45, 2.75) is 57.3 Å². The molecule has 2 saturated heterocycles. The minimum absolute atomic E-state index is 0. The predicted molar refractivity (Wildman–Crippen MR) is 82.1 cm³/mol. The maximum Gasteiger partial charge on any atom is 0.241 e. The summed E-state index contributed by atoms with van der Waals surface area (Å²) in [6.07, 6.45) is 3.54. The van der Waals surface area contributed by atoms with Crippen molar-refractivity contribution in [1.82, 2.24) is 9.80 Å². The van der Waals surface area contributed by atoms with Crippen LogP contribution in [-0.2, 0) is 9.53 Å². The second-order valence-corrected chi connectivity index (χ2v) is 6.06. The maximum absolute atomic E-state index is 12.3. The Balaban J connectivity index is 0.00000200. The average Bonchev–Trinajstić information content (AvgIpc) is 2.64. The van der Waals surface area contributed by atoms with Gasteiger partial charge in [-0.05, 0) is 33.1 Å². The van der Waals surface area contributed by atoms with Crippen molar-refractivity contribution in [3.8, 4) is 0 Å². The number of nitrogens with two attached hydrogens (primary N) is 1. The number of carbonyl (C=O) groups excluding carboxylic acids is 1. The van der Waals surface area contributed by atoms with E-state index in [1.807, 2.05) is 4.90 Å². The molecule has 3 unspecified atom stereocenters. The molecule has 0 aliphatic carbocycles. The summed E-state index contributed by atoms with van der Waals surface area (Å²) in [5.74, 6) is 0.0399. The number of amides is 1. The molecule has 0 aromatic heterocycles. The van der Waals surface area contributed by atoms with E-state index in [-0.39, 0.29) is 18.3 Å². The van der Waals surface area contributed by atoms with Crippen molar-refractivity contribution in [2.75, 3.05) is 26.8 Å². The number of hydrogen-bond donors (Lipinski definition) is 1. The van der Waals surface area contributed by atoms with Gasteiger partial charge in [0.15, 0.2) is 0 Å². The van der Waals surface area contributed by atoms with Crippen LogP contribution >= 0.6 is 12.4 Å². The van der Waals surface area contributed by atoms with Crippen LogP contribution in [0.25, 0.3) is 0 Å². The van der Waals surface area contributed by atoms with Gasteiger partial charge in [-0.25, -0.2) is 0 Å². The molecule has 2 aliphatic rings. The monoisotopic (exact) mass is 305 g/mol. The third kappa shape index (κ3) is 3.64. The molecule has 2 N–H and O–H groups in total. The summed E-state index contributed by atoms with van der Waals surface area (Å²) in [6, 6.07) is 1.18. The minimum atomic E-state index is -0.519. The molecule has 3 atom stereocenters. The first-order valence-electron chi connectivity index (χ1n) is 7.35. The van der Waals surface area contributed by atoms with Crippen LogP contribution in [0.4, 0.5) is 0 Å². The minimum Gasteiger partial charge on any atom is -0.383 e. The topological polar surface area (TPSA) is 58.8 Å². The van der Waals surface area contributed by atoms with Crippen LogP contribution in [0.5, 0.6) is 0 Å². The average molecular weight is 306 g/mol. The quantitative estimate of drug-likeness (QED) is 0.837. The third-order valence-electron chi connectivity index (χ3n) is 4.41. The Morgan fingerprint density at radius 1 is 1.30 bits per heavy atom. The van der Waals surface area contributed by atoms with Crippen molar-refractivity contribution in [1.29, 1.82) is 0 Å². The number of nitrogens with zero attached hydrogens (tertiary/aromatic N) is 2. The molecule has 20 heavy (non-hydrogen) atoms. The summed E-state index contributed by atoms with van der Waals surface area (Å²) in [4.78, 5) is 16.8. The van der Waals surface area contributed by atoms with Crippen molar-refractivity contribution in [3.63, 3.8) is 0 Å². The number of ether oxygens (including phenoxy) is 1. The summed E-state index contributed by atoms with van der Waals surface area (Å²) < 4.78 is 4.99. The fourth-order valence-corrected chi connectivity index (χ4v) is 3.64. The fraction of sp³-hybridized carbons (Fsp3) is 0.929. The van der Waals surface area contributed by atoms with E-state index in [0.717, 1.165) is 19.5 Å². The number of hydrogen-bond acceptors (Lipinski definition) is 4. The number of likely N-dealkylation sites (tertiary alicyclic amines) is 1. The predicted octanol–water partition coefficient (Wildman–Crippen LogP) is 0.856. The first-order valence-corrected chi connectivity index (χ1v) is 7.35. The highest BCUT2D eigenvalue weighted by Gasteiger charge is 2.39. The molecule has 0 spiro atoms. The summed E-state index contributed by atoms with van der Waals surface area (Å²) in [6.45, 7) is 6.46. The number of rotatable bonds is 4. The molecule has 2 rings (SSSR count). The molecular formula is C14H28ClN3O2. The van der Waals surface area contributed by atoms with Crippen molar-refractivity contribution < 1.29 is 9.53 Å². The van der Waals surface area contributed by atoms with Crippen LogP contribution in [0.1, 0.15) is 33.1 Å². The van der Waals surface area contributed by atoms with Crippen LogP contribution in [0, 0.1) is 0 Å². The van der Waals surface area contributed by atoms with Gasteiger partial charge in [-0.3, -0.25) is 9.69 Å². The van der Waals surface area contributed by atoms with Gasteiger partial charge in [0, 0.05) is 38.3 Å². The van der Waals surface area contributed by atoms with Crippen LogP contribution < -0.4 is 5.73 Å². The first-order chi connectivity index (χ1) is 9.04. The Kier molecular flexibility index (Phi) is 6.72. The Labute approximate surface area is 128 Å². The number of fused-ring (bicyclic) bond motifs is 2. The van der Waals surface area contributed by atoms with Gasteiger partial charge in [-0.15, -0.1) is 12.4 Å². The van der Waals surface area contributed by atoms with E-state index >= 15 is 0 Å². The number of methoxy groups -OCH3 is 1. The lowest BCUT2D eigenvalue weighted by molar-refractivity contribution is -0.134. The van der Waals surface area contributed by atoms with Crippen LogP contribution in [0.3, 0.4) is 0 Å². The van der Waals surface area contributed by atoms with Crippen molar-refractivity contribution in [2.24, 2.45) is 5.73 Å². The standard InChI is InChI=1S/C14H27N3O2.ClH/c1-10(2)17-11-4-5-12(17)8-16(7-6-11)14(18)13(15)9-19-3;/h10-13H,4-9,15H2,1-3H3;1H. The van der Waals surface area contributed by atoms with E-state index in [4.69, 9.17) is 10.5 Å². The Morgan fingerprint density at radius 2 is 1.95 bits per heavy atom. The first kappa shape index (κ1) is 17.7. The number of carbonyl (C=O) groups is 1. The highest BCUT2D eigenvalue weighted by atomic mass is 35.5. The Morgan fingerprint density at radius 3 is 2.55 bits per heavy atom. The molecular weight excluding hydrogens is 278 g/mol. The van der Waals surface area contributed by atoms with Gasteiger partial charge in [-0.1, -0.05) is 0 Å². The normalized spacial score (nSPS) is 28.1. The second kappa shape index (κ2) is 7.59. The van der Waals surface area contributed by atoms with Gasteiger partial charge in [0.1, 0.15) is 6.04 Å². The summed E-state index contributed by atoms with van der Waals surface area (Å²) in [7, 11) is 1.58. The highest BCUT2D eigenvalue weighted by Crippen LogP contribution is 2.32. The molecule has 0 radical (unpaired) electrons. The second-order valence-electron chi connectivity index (χ2n) is 6.06. The van der Waals surface area contributed by atoms with Gasteiger partial charge in [0.05, 0.1) is 6.61 Å². The van der Waals surface area contributed by atoms with E-state index in [9.17, 15) is 4.79 Å². The van der Waals surface area contributed by atoms with E-state index < -0.39 is 6.04 Å². The van der Waals surface area contributed by atoms with E-state index in [1.165, 1.54) is 12.8 Å². The highest BCUT2D eigenvalue weighted by molar-refractivity contribution is 5.85. The SMILES string of the molecule is COCC(N)C(=O)N1CCC2CCC(C1)N2C(C)C.Cl. The summed E-state index contributed by atoms with van der Waals surface area (Å²) in [5.41, 5.74) is 5.87. The van der Waals surface area contributed by atoms with Crippen LogP contribution in [0.15, 0.2) is 0 Å². The zero-order chi connectivity index (χ0) is 14.0. The van der Waals surface area contributed by atoms with Gasteiger partial charge in [0.25, 0.3) is 0 Å². The maximum atomic E-state index is 12.3. The lowest BCUT2D eigenvalue weighted by atomic mass is 10.1. The Hall–Kier alpha value is -0.360. The molecule has 5 nitrogen and oxygen atoms in total. The van der Waals surface area contributed by atoms with E-state index in [1.54, 1.807) is 7.11 Å². The van der Waals surface area contributed by atoms with Crippen molar-refractivity contribution in [3.05, 3.63) is 0 Å². The molecule has 6 heteroatoms. The largest absolute Gasteiger partial charge is 0.383 e. The van der Waals surface area contributed by atoms with Gasteiger partial charge in [0.2, 0.25) is 5.91 Å². The molecule has 0 saturated carbocycles. The van der Waals surface area contributed by atoms with Crippen molar-refractivity contribution >= 4 is 18.3 Å². The summed E-state index contributed by atoms with van der Waals surface area (Å²) >= 11 is 0. The number of halogens is 1. The Bertz CT molecular complexity index is 328. The molecule has 2 bridgehead atoms.